The molecule has 0 spiro atoms. The van der Waals surface area contributed by atoms with Gasteiger partial charge in [-0.2, -0.15) is 0 Å². The van der Waals surface area contributed by atoms with E-state index in [0.29, 0.717) is 23.5 Å². The zero-order valence-corrected chi connectivity index (χ0v) is 12.7. The van der Waals surface area contributed by atoms with E-state index in [1.54, 1.807) is 6.92 Å². The first-order valence-corrected chi connectivity index (χ1v) is 6.54. The molecule has 0 aliphatic heterocycles. The summed E-state index contributed by atoms with van der Waals surface area (Å²) >= 11 is 6.10. The number of halogens is 1. The molecule has 1 aromatic carbocycles. The molecule has 0 heterocycles. The third kappa shape index (κ3) is 3.04. The first kappa shape index (κ1) is 16.3. The number of benzene rings is 1. The van der Waals surface area contributed by atoms with Crippen LogP contribution < -0.4 is 9.47 Å². The average Bonchev–Trinajstić information content (AvgIpc) is 2.45. The van der Waals surface area contributed by atoms with Crippen LogP contribution in [-0.2, 0) is 16.0 Å². The molecule has 0 bridgehead atoms. The summed E-state index contributed by atoms with van der Waals surface area (Å²) in [4.78, 5) is 23.8. The Bertz CT molecular complexity index is 525. The van der Waals surface area contributed by atoms with Gasteiger partial charge in [0.1, 0.15) is 0 Å². The summed E-state index contributed by atoms with van der Waals surface area (Å²) in [6, 6.07) is 1.45. The van der Waals surface area contributed by atoms with Crippen LogP contribution in [0.5, 0.6) is 11.5 Å². The zero-order valence-electron chi connectivity index (χ0n) is 11.9. The lowest BCUT2D eigenvalue weighted by molar-refractivity contribution is -0.137. The maximum Gasteiger partial charge on any atom is 0.379 e. The second kappa shape index (κ2) is 7.14. The SMILES string of the molecule is CCOC(=O)C(=O)c1c(Cl)cc(OC)c(OC)c1CC. The molecule has 0 saturated carbocycles. The molecule has 110 valence electrons. The smallest absolute Gasteiger partial charge is 0.379 e. The molecule has 5 nitrogen and oxygen atoms in total. The molecule has 0 saturated heterocycles. The first-order valence-electron chi connectivity index (χ1n) is 6.16. The Morgan fingerprint density at radius 2 is 1.85 bits per heavy atom. The fourth-order valence-corrected chi connectivity index (χ4v) is 2.22. The topological polar surface area (TPSA) is 61.8 Å². The van der Waals surface area contributed by atoms with Gasteiger partial charge in [-0.15, -0.1) is 0 Å². The van der Waals surface area contributed by atoms with Gasteiger partial charge in [0.2, 0.25) is 0 Å². The third-order valence-electron chi connectivity index (χ3n) is 2.76. The number of rotatable bonds is 6. The van der Waals surface area contributed by atoms with Gasteiger partial charge in [-0.1, -0.05) is 18.5 Å². The van der Waals surface area contributed by atoms with Crippen LogP contribution in [-0.4, -0.2) is 32.6 Å². The normalized spacial score (nSPS) is 10.1. The highest BCUT2D eigenvalue weighted by molar-refractivity contribution is 6.46. The van der Waals surface area contributed by atoms with Gasteiger partial charge in [-0.05, 0) is 13.3 Å². The average molecular weight is 301 g/mol. The van der Waals surface area contributed by atoms with E-state index < -0.39 is 11.8 Å². The summed E-state index contributed by atoms with van der Waals surface area (Å²) in [6.45, 7) is 3.58. The van der Waals surface area contributed by atoms with E-state index >= 15 is 0 Å². The lowest BCUT2D eigenvalue weighted by Crippen LogP contribution is -2.20. The van der Waals surface area contributed by atoms with Crippen molar-refractivity contribution in [3.63, 3.8) is 0 Å². The van der Waals surface area contributed by atoms with Crippen molar-refractivity contribution in [2.75, 3.05) is 20.8 Å². The van der Waals surface area contributed by atoms with Gasteiger partial charge in [-0.25, -0.2) is 4.79 Å². The number of hydrogen-bond acceptors (Lipinski definition) is 5. The summed E-state index contributed by atoms with van der Waals surface area (Å²) in [6.07, 6.45) is 0.459. The van der Waals surface area contributed by atoms with Gasteiger partial charge < -0.3 is 14.2 Å². The molecular weight excluding hydrogens is 284 g/mol. The van der Waals surface area contributed by atoms with Crippen molar-refractivity contribution in [3.8, 4) is 11.5 Å². The molecule has 0 aliphatic carbocycles. The van der Waals surface area contributed by atoms with E-state index in [2.05, 4.69) is 0 Å². The molecule has 20 heavy (non-hydrogen) atoms. The molecule has 6 heteroatoms. The second-order valence-corrected chi connectivity index (χ2v) is 4.26. The Balaban J connectivity index is 3.46. The van der Waals surface area contributed by atoms with Gasteiger partial charge in [-0.3, -0.25) is 4.79 Å². The predicted octanol–water partition coefficient (Wildman–Crippen LogP) is 2.67. The van der Waals surface area contributed by atoms with E-state index in [0.717, 1.165) is 0 Å². The molecule has 0 unspecified atom stereocenters. The van der Waals surface area contributed by atoms with Crippen molar-refractivity contribution in [2.24, 2.45) is 0 Å². The van der Waals surface area contributed by atoms with Crippen LogP contribution in [0.4, 0.5) is 0 Å². The number of Topliss-reactive ketones (excluding diaryl/α,β-unsaturated/α-hetero) is 1. The van der Waals surface area contributed by atoms with Crippen molar-refractivity contribution in [1.82, 2.24) is 0 Å². The monoisotopic (exact) mass is 300 g/mol. The van der Waals surface area contributed by atoms with E-state index in [-0.39, 0.29) is 17.2 Å². The van der Waals surface area contributed by atoms with E-state index in [4.69, 9.17) is 25.8 Å². The molecule has 0 fully saturated rings. The molecule has 0 radical (unpaired) electrons. The van der Waals surface area contributed by atoms with Gasteiger partial charge in [0.05, 0.1) is 31.4 Å². The van der Waals surface area contributed by atoms with Crippen LogP contribution in [0.15, 0.2) is 6.07 Å². The highest BCUT2D eigenvalue weighted by Gasteiger charge is 2.27. The molecule has 0 N–H and O–H groups in total. The summed E-state index contributed by atoms with van der Waals surface area (Å²) in [5.41, 5.74) is 0.625. The lowest BCUT2D eigenvalue weighted by Gasteiger charge is -2.16. The minimum atomic E-state index is -0.934. The number of esters is 1. The summed E-state index contributed by atoms with van der Waals surface area (Å²) < 4.78 is 15.1. The van der Waals surface area contributed by atoms with Crippen molar-refractivity contribution in [3.05, 3.63) is 22.2 Å². The minimum Gasteiger partial charge on any atom is -0.493 e. The molecule has 0 aromatic heterocycles. The number of hydrogen-bond donors (Lipinski definition) is 0. The van der Waals surface area contributed by atoms with E-state index in [1.807, 2.05) is 6.92 Å². The Morgan fingerprint density at radius 3 is 2.30 bits per heavy atom. The zero-order chi connectivity index (χ0) is 15.3. The largest absolute Gasteiger partial charge is 0.493 e. The van der Waals surface area contributed by atoms with Crippen LogP contribution >= 0.6 is 11.6 Å². The fourth-order valence-electron chi connectivity index (χ4n) is 1.92. The molecule has 0 atom stereocenters. The van der Waals surface area contributed by atoms with Gasteiger partial charge in [0.25, 0.3) is 5.78 Å². The van der Waals surface area contributed by atoms with E-state index in [1.165, 1.54) is 20.3 Å². The Morgan fingerprint density at radius 1 is 1.20 bits per heavy atom. The quantitative estimate of drug-likeness (QED) is 0.459. The lowest BCUT2D eigenvalue weighted by atomic mass is 9.99. The van der Waals surface area contributed by atoms with Crippen LogP contribution in [0.2, 0.25) is 5.02 Å². The van der Waals surface area contributed by atoms with Crippen molar-refractivity contribution >= 4 is 23.4 Å². The van der Waals surface area contributed by atoms with Crippen molar-refractivity contribution < 1.29 is 23.8 Å². The molecule has 1 rings (SSSR count). The summed E-state index contributed by atoms with van der Waals surface area (Å²) in [7, 11) is 2.93. The number of ether oxygens (including phenoxy) is 3. The maximum absolute atomic E-state index is 12.1. The predicted molar refractivity (Wildman–Crippen MR) is 74.9 cm³/mol. The minimum absolute atomic E-state index is 0.102. The van der Waals surface area contributed by atoms with Crippen LogP contribution in [0.25, 0.3) is 0 Å². The number of methoxy groups -OCH3 is 2. The summed E-state index contributed by atoms with van der Waals surface area (Å²) in [5.74, 6) is -0.909. The molecule has 1 aromatic rings. The van der Waals surface area contributed by atoms with Gasteiger partial charge in [0.15, 0.2) is 11.5 Å². The van der Waals surface area contributed by atoms with Crippen molar-refractivity contribution in [1.29, 1.82) is 0 Å². The number of ketones is 1. The second-order valence-electron chi connectivity index (χ2n) is 3.85. The fraction of sp³-hybridized carbons (Fsp3) is 0.429. The van der Waals surface area contributed by atoms with E-state index in [9.17, 15) is 9.59 Å². The number of carbonyl (C=O) groups is 2. The highest BCUT2D eigenvalue weighted by atomic mass is 35.5. The van der Waals surface area contributed by atoms with Crippen LogP contribution in [0.1, 0.15) is 29.8 Å². The van der Waals surface area contributed by atoms with Gasteiger partial charge in [0, 0.05) is 11.6 Å². The van der Waals surface area contributed by atoms with Crippen LogP contribution in [0, 0.1) is 0 Å². The Hall–Kier alpha value is -1.75. The molecule has 0 aliphatic rings. The highest BCUT2D eigenvalue weighted by Crippen LogP contribution is 2.38. The Kier molecular flexibility index (Phi) is 5.82. The third-order valence-corrected chi connectivity index (χ3v) is 3.06. The Labute approximate surface area is 122 Å². The molecular formula is C14H17ClO5. The maximum atomic E-state index is 12.1. The van der Waals surface area contributed by atoms with Crippen molar-refractivity contribution in [2.45, 2.75) is 20.3 Å². The summed E-state index contributed by atoms with van der Waals surface area (Å²) in [5, 5.41) is 0.137. The van der Waals surface area contributed by atoms with Crippen LogP contribution in [0.3, 0.4) is 0 Å². The van der Waals surface area contributed by atoms with Gasteiger partial charge >= 0.3 is 5.97 Å². The molecule has 0 amide bonds. The standard InChI is InChI=1S/C14H17ClO5/c1-5-8-11(12(16)14(17)20-6-2)9(15)7-10(18-3)13(8)19-4/h7H,5-6H2,1-4H3. The first-order chi connectivity index (χ1) is 9.51. The number of carbonyl (C=O) groups excluding carboxylic acids is 2.